The number of hydrogen-bond acceptors (Lipinski definition) is 4. The zero-order valence-electron chi connectivity index (χ0n) is 9.81. The Kier molecular flexibility index (Phi) is 4.49. The van der Waals surface area contributed by atoms with Crippen molar-refractivity contribution in [1.82, 2.24) is 9.78 Å². The number of nitrogens with zero attached hydrogens (tertiary/aromatic N) is 2. The van der Waals surface area contributed by atoms with Crippen molar-refractivity contribution in [2.45, 2.75) is 33.4 Å². The minimum atomic E-state index is -2.87. The van der Waals surface area contributed by atoms with Crippen LogP contribution < -0.4 is 5.73 Å². The molecule has 0 aliphatic heterocycles. The molecule has 5 nitrogen and oxygen atoms in total. The van der Waals surface area contributed by atoms with E-state index in [1.807, 2.05) is 11.6 Å². The van der Waals surface area contributed by atoms with Crippen molar-refractivity contribution in [3.63, 3.8) is 0 Å². The number of hydrogen-bond donors (Lipinski definition) is 1. The Balaban J connectivity index is 2.53. The highest BCUT2D eigenvalue weighted by Crippen LogP contribution is 2.07. The molecule has 0 aromatic carbocycles. The summed E-state index contributed by atoms with van der Waals surface area (Å²) >= 11 is 0. The van der Waals surface area contributed by atoms with Gasteiger partial charge in [-0.1, -0.05) is 6.92 Å². The average Bonchev–Trinajstić information content (AvgIpc) is 2.60. The van der Waals surface area contributed by atoms with Crippen LogP contribution in [0.4, 0.5) is 0 Å². The molecule has 0 bridgehead atoms. The van der Waals surface area contributed by atoms with Crippen LogP contribution in [-0.2, 0) is 22.9 Å². The molecule has 0 atom stereocenters. The van der Waals surface area contributed by atoms with E-state index in [1.165, 1.54) is 0 Å². The Morgan fingerprint density at radius 1 is 1.50 bits per heavy atom. The molecule has 0 amide bonds. The van der Waals surface area contributed by atoms with E-state index in [2.05, 4.69) is 5.10 Å². The van der Waals surface area contributed by atoms with Gasteiger partial charge in [-0.2, -0.15) is 5.10 Å². The summed E-state index contributed by atoms with van der Waals surface area (Å²) in [4.78, 5) is 0. The van der Waals surface area contributed by atoms with Crippen LogP contribution in [0.1, 0.15) is 24.6 Å². The third-order valence-corrected chi connectivity index (χ3v) is 4.48. The fourth-order valence-electron chi connectivity index (χ4n) is 1.49. The molecule has 0 fully saturated rings. The van der Waals surface area contributed by atoms with E-state index in [-0.39, 0.29) is 11.5 Å². The third-order valence-electron chi connectivity index (χ3n) is 2.69. The lowest BCUT2D eigenvalue weighted by atomic mass is 10.3. The Hall–Kier alpha value is -0.880. The number of rotatable bonds is 6. The molecule has 1 aromatic rings. The molecule has 0 aliphatic rings. The van der Waals surface area contributed by atoms with Gasteiger partial charge >= 0.3 is 0 Å². The van der Waals surface area contributed by atoms with Crippen LogP contribution in [0.2, 0.25) is 0 Å². The highest BCUT2D eigenvalue weighted by atomic mass is 32.2. The fourth-order valence-corrected chi connectivity index (χ4v) is 2.35. The van der Waals surface area contributed by atoms with Crippen molar-refractivity contribution >= 4 is 9.84 Å². The van der Waals surface area contributed by atoms with Crippen LogP contribution in [-0.4, -0.2) is 29.7 Å². The summed E-state index contributed by atoms with van der Waals surface area (Å²) in [6.07, 6.45) is 2.34. The van der Waals surface area contributed by atoms with Gasteiger partial charge in [0.05, 0.1) is 11.9 Å². The van der Waals surface area contributed by atoms with E-state index in [1.54, 1.807) is 13.1 Å². The molecule has 6 heteroatoms. The number of aromatic nitrogens is 2. The molecule has 0 unspecified atom stereocenters. The first-order chi connectivity index (χ1) is 7.50. The smallest absolute Gasteiger partial charge is 0.150 e. The molecule has 0 aliphatic carbocycles. The lowest BCUT2D eigenvalue weighted by molar-refractivity contribution is 0.566. The van der Waals surface area contributed by atoms with Gasteiger partial charge in [0.25, 0.3) is 0 Å². The summed E-state index contributed by atoms with van der Waals surface area (Å²) in [5.41, 5.74) is 7.57. The Morgan fingerprint density at radius 3 is 2.69 bits per heavy atom. The summed E-state index contributed by atoms with van der Waals surface area (Å²) in [7, 11) is -2.87. The second-order valence-corrected chi connectivity index (χ2v) is 6.25. The van der Waals surface area contributed by atoms with E-state index in [4.69, 9.17) is 5.73 Å². The highest BCUT2D eigenvalue weighted by Gasteiger charge is 2.08. The summed E-state index contributed by atoms with van der Waals surface area (Å²) in [6.45, 7) is 4.72. The van der Waals surface area contributed by atoms with E-state index >= 15 is 0 Å². The maximum Gasteiger partial charge on any atom is 0.150 e. The van der Waals surface area contributed by atoms with Crippen LogP contribution in [0.5, 0.6) is 0 Å². The normalized spacial score (nSPS) is 11.9. The average molecular weight is 245 g/mol. The molecule has 1 heterocycles. The summed E-state index contributed by atoms with van der Waals surface area (Å²) in [5, 5.41) is 4.17. The van der Waals surface area contributed by atoms with Gasteiger partial charge in [-0.25, -0.2) is 8.42 Å². The lowest BCUT2D eigenvalue weighted by Crippen LogP contribution is -2.12. The minimum Gasteiger partial charge on any atom is -0.326 e. The molecule has 1 rings (SSSR count). The van der Waals surface area contributed by atoms with Crippen LogP contribution in [0, 0.1) is 6.92 Å². The zero-order valence-corrected chi connectivity index (χ0v) is 10.6. The minimum absolute atomic E-state index is 0.207. The molecule has 0 spiro atoms. The fraction of sp³-hybridized carbons (Fsp3) is 0.700. The second kappa shape index (κ2) is 5.45. The maximum atomic E-state index is 11.3. The first-order valence-corrected chi connectivity index (χ1v) is 7.24. The SMILES string of the molecule is CCS(=O)(=O)CCCn1ncc(CN)c1C. The van der Waals surface area contributed by atoms with E-state index < -0.39 is 9.84 Å². The van der Waals surface area contributed by atoms with Crippen LogP contribution in [0.15, 0.2) is 6.20 Å². The number of aryl methyl sites for hydroxylation is 1. The zero-order chi connectivity index (χ0) is 12.2. The van der Waals surface area contributed by atoms with Crippen LogP contribution in [0.3, 0.4) is 0 Å². The molecule has 0 saturated heterocycles. The highest BCUT2D eigenvalue weighted by molar-refractivity contribution is 7.91. The van der Waals surface area contributed by atoms with Gasteiger partial charge in [-0.05, 0) is 13.3 Å². The summed E-state index contributed by atoms with van der Waals surface area (Å²) in [5.74, 6) is 0.430. The van der Waals surface area contributed by atoms with E-state index in [0.29, 0.717) is 19.5 Å². The Bertz CT molecular complexity index is 437. The van der Waals surface area contributed by atoms with E-state index in [0.717, 1.165) is 11.3 Å². The van der Waals surface area contributed by atoms with Gasteiger partial charge in [0, 0.05) is 30.1 Å². The molecule has 1 aromatic heterocycles. The molecule has 0 radical (unpaired) electrons. The quantitative estimate of drug-likeness (QED) is 0.790. The second-order valence-electron chi connectivity index (χ2n) is 3.77. The van der Waals surface area contributed by atoms with Gasteiger partial charge in [0.2, 0.25) is 0 Å². The van der Waals surface area contributed by atoms with Crippen molar-refractivity contribution in [2.24, 2.45) is 5.73 Å². The molecule has 16 heavy (non-hydrogen) atoms. The third kappa shape index (κ3) is 3.31. The number of nitrogens with two attached hydrogens (primary N) is 1. The first kappa shape index (κ1) is 13.2. The van der Waals surface area contributed by atoms with Crippen molar-refractivity contribution in [3.05, 3.63) is 17.5 Å². The largest absolute Gasteiger partial charge is 0.326 e. The lowest BCUT2D eigenvalue weighted by Gasteiger charge is -2.05. The maximum absolute atomic E-state index is 11.3. The van der Waals surface area contributed by atoms with Gasteiger partial charge in [-0.15, -0.1) is 0 Å². The Morgan fingerprint density at radius 2 is 2.19 bits per heavy atom. The van der Waals surface area contributed by atoms with Crippen LogP contribution >= 0.6 is 0 Å². The number of sulfone groups is 1. The van der Waals surface area contributed by atoms with Gasteiger partial charge in [0.1, 0.15) is 9.84 Å². The van der Waals surface area contributed by atoms with Gasteiger partial charge < -0.3 is 5.73 Å². The van der Waals surface area contributed by atoms with Crippen molar-refractivity contribution < 1.29 is 8.42 Å². The van der Waals surface area contributed by atoms with Gasteiger partial charge in [0.15, 0.2) is 0 Å². The summed E-state index contributed by atoms with van der Waals surface area (Å²) < 4.78 is 24.4. The standard InChI is InChI=1S/C10H19N3O2S/c1-3-16(14,15)6-4-5-13-9(2)10(7-11)8-12-13/h8H,3-7,11H2,1-2H3. The molecule has 0 saturated carbocycles. The Labute approximate surface area is 96.6 Å². The molecule has 2 N–H and O–H groups in total. The van der Waals surface area contributed by atoms with Crippen molar-refractivity contribution in [2.75, 3.05) is 11.5 Å². The monoisotopic (exact) mass is 245 g/mol. The predicted molar refractivity (Wildman–Crippen MR) is 63.8 cm³/mol. The van der Waals surface area contributed by atoms with Crippen molar-refractivity contribution in [1.29, 1.82) is 0 Å². The molecular formula is C10H19N3O2S. The first-order valence-electron chi connectivity index (χ1n) is 5.42. The van der Waals surface area contributed by atoms with Crippen LogP contribution in [0.25, 0.3) is 0 Å². The van der Waals surface area contributed by atoms with Gasteiger partial charge in [-0.3, -0.25) is 4.68 Å². The summed E-state index contributed by atoms with van der Waals surface area (Å²) in [6, 6.07) is 0. The predicted octanol–water partition coefficient (Wildman–Crippen LogP) is 0.475. The molecule has 92 valence electrons. The topological polar surface area (TPSA) is 78.0 Å². The van der Waals surface area contributed by atoms with E-state index in [9.17, 15) is 8.42 Å². The van der Waals surface area contributed by atoms with Crippen molar-refractivity contribution in [3.8, 4) is 0 Å². The molecular weight excluding hydrogens is 226 g/mol.